The molecule has 32 heavy (non-hydrogen) atoms. The number of nitrogens with one attached hydrogen (secondary N) is 3. The second-order valence-electron chi connectivity index (χ2n) is 7.74. The number of rotatable bonds is 8. The lowest BCUT2D eigenvalue weighted by Crippen LogP contribution is -2.36. The summed E-state index contributed by atoms with van der Waals surface area (Å²) in [7, 11) is 3.08. The van der Waals surface area contributed by atoms with Crippen LogP contribution in [-0.2, 0) is 22.6 Å². The van der Waals surface area contributed by atoms with Crippen molar-refractivity contribution in [2.24, 2.45) is 10.9 Å². The van der Waals surface area contributed by atoms with E-state index in [9.17, 15) is 4.79 Å². The molecule has 0 spiro atoms. The van der Waals surface area contributed by atoms with Crippen LogP contribution in [0.5, 0.6) is 5.75 Å². The van der Waals surface area contributed by atoms with Crippen molar-refractivity contribution in [1.82, 2.24) is 10.6 Å². The summed E-state index contributed by atoms with van der Waals surface area (Å²) >= 11 is 0. The van der Waals surface area contributed by atoms with Gasteiger partial charge in [0.1, 0.15) is 5.75 Å². The molecule has 0 bridgehead atoms. The molecule has 0 radical (unpaired) electrons. The fraction of sp³-hybridized carbons (Fsp3) is 0.417. The third-order valence-electron chi connectivity index (χ3n) is 5.24. The molecule has 1 aliphatic rings. The Labute approximate surface area is 189 Å². The van der Waals surface area contributed by atoms with Gasteiger partial charge in [-0.1, -0.05) is 24.3 Å². The largest absolute Gasteiger partial charge is 0.493 e. The van der Waals surface area contributed by atoms with E-state index in [1.54, 1.807) is 7.05 Å². The van der Waals surface area contributed by atoms with Crippen LogP contribution in [0.4, 0.5) is 10.5 Å². The Balaban J connectivity index is 1.51. The molecule has 0 aliphatic carbocycles. The van der Waals surface area contributed by atoms with Crippen LogP contribution in [0.25, 0.3) is 0 Å². The number of methoxy groups -OCH3 is 1. The Bertz CT molecular complexity index is 909. The maximum absolute atomic E-state index is 11.3. The third-order valence-corrected chi connectivity index (χ3v) is 5.24. The molecule has 1 heterocycles. The highest BCUT2D eigenvalue weighted by atomic mass is 16.5. The number of ether oxygens (including phenoxy) is 3. The Hall–Kier alpha value is -3.26. The summed E-state index contributed by atoms with van der Waals surface area (Å²) in [6.45, 7) is 5.52. The van der Waals surface area contributed by atoms with Gasteiger partial charge in [-0.25, -0.2) is 4.79 Å². The first-order chi connectivity index (χ1) is 15.6. The van der Waals surface area contributed by atoms with Gasteiger partial charge in [-0.2, -0.15) is 0 Å². The van der Waals surface area contributed by atoms with E-state index < -0.39 is 6.09 Å². The van der Waals surface area contributed by atoms with Gasteiger partial charge in [0.15, 0.2) is 5.96 Å². The van der Waals surface area contributed by atoms with Gasteiger partial charge in [0.05, 0.1) is 20.3 Å². The number of benzene rings is 2. The van der Waals surface area contributed by atoms with Crippen LogP contribution < -0.4 is 20.7 Å². The third kappa shape index (κ3) is 7.16. The highest BCUT2D eigenvalue weighted by Gasteiger charge is 2.17. The Morgan fingerprint density at radius 3 is 2.62 bits per heavy atom. The monoisotopic (exact) mass is 440 g/mol. The zero-order valence-electron chi connectivity index (χ0n) is 18.9. The van der Waals surface area contributed by atoms with E-state index in [4.69, 9.17) is 9.47 Å². The average Bonchev–Trinajstić information content (AvgIpc) is 3.33. The van der Waals surface area contributed by atoms with E-state index in [1.165, 1.54) is 12.7 Å². The fourth-order valence-corrected chi connectivity index (χ4v) is 3.32. The average molecular weight is 441 g/mol. The molecule has 1 unspecified atom stereocenters. The number of hydrogen-bond acceptors (Lipinski definition) is 5. The molecular formula is C24H32N4O4. The van der Waals surface area contributed by atoms with Gasteiger partial charge in [-0.15, -0.1) is 0 Å². The van der Waals surface area contributed by atoms with E-state index in [1.807, 2.05) is 24.3 Å². The van der Waals surface area contributed by atoms with Crippen molar-refractivity contribution >= 4 is 17.7 Å². The number of amides is 1. The number of guanidine groups is 1. The molecule has 2 aromatic carbocycles. The van der Waals surface area contributed by atoms with Gasteiger partial charge >= 0.3 is 6.09 Å². The Morgan fingerprint density at radius 1 is 1.16 bits per heavy atom. The van der Waals surface area contributed by atoms with Crippen LogP contribution in [0, 0.1) is 12.8 Å². The number of hydrogen-bond donors (Lipinski definition) is 3. The van der Waals surface area contributed by atoms with E-state index in [0.717, 1.165) is 36.5 Å². The lowest BCUT2D eigenvalue weighted by atomic mass is 10.1. The van der Waals surface area contributed by atoms with Crippen LogP contribution in [-0.4, -0.2) is 46.0 Å². The number of carbonyl (C=O) groups is 1. The highest BCUT2D eigenvalue weighted by Crippen LogP contribution is 2.22. The van der Waals surface area contributed by atoms with Crippen molar-refractivity contribution in [3.05, 3.63) is 59.2 Å². The first-order valence-corrected chi connectivity index (χ1v) is 10.8. The zero-order valence-corrected chi connectivity index (χ0v) is 18.9. The van der Waals surface area contributed by atoms with Crippen LogP contribution >= 0.6 is 0 Å². The predicted octanol–water partition coefficient (Wildman–Crippen LogP) is 3.45. The minimum absolute atomic E-state index is 0.458. The lowest BCUT2D eigenvalue weighted by Gasteiger charge is -2.17. The number of carbonyl (C=O) groups excluding carboxylic acids is 1. The van der Waals surface area contributed by atoms with E-state index in [2.05, 4.69) is 50.8 Å². The van der Waals surface area contributed by atoms with Gasteiger partial charge in [0.25, 0.3) is 0 Å². The molecule has 1 fully saturated rings. The Morgan fingerprint density at radius 2 is 1.94 bits per heavy atom. The van der Waals surface area contributed by atoms with Crippen LogP contribution in [0.3, 0.4) is 0 Å². The van der Waals surface area contributed by atoms with Crippen molar-refractivity contribution in [1.29, 1.82) is 0 Å². The van der Waals surface area contributed by atoms with Crippen LogP contribution in [0.2, 0.25) is 0 Å². The molecule has 8 nitrogen and oxygen atoms in total. The van der Waals surface area contributed by atoms with Gasteiger partial charge in [-0.05, 0) is 42.7 Å². The lowest BCUT2D eigenvalue weighted by molar-refractivity contribution is 0.166. The molecule has 8 heteroatoms. The standard InChI is InChI=1S/C24H32N4O4/c1-17-4-7-20(22(12-17)32-16-19-10-11-31-15-19)14-27-23(25-2)26-13-18-5-8-21(9-6-18)28-24(29)30-3/h4-9,12,19H,10-11,13-16H2,1-3H3,(H,28,29)(H2,25,26,27). The molecule has 1 amide bonds. The molecule has 172 valence electrons. The smallest absolute Gasteiger partial charge is 0.411 e. The molecular weight excluding hydrogens is 408 g/mol. The van der Waals surface area contributed by atoms with Gasteiger partial charge in [-0.3, -0.25) is 10.3 Å². The van der Waals surface area contributed by atoms with Gasteiger partial charge in [0, 0.05) is 43.9 Å². The molecule has 2 aromatic rings. The predicted molar refractivity (Wildman–Crippen MR) is 125 cm³/mol. The van der Waals surface area contributed by atoms with Crippen LogP contribution in [0.1, 0.15) is 23.1 Å². The van der Waals surface area contributed by atoms with E-state index in [0.29, 0.717) is 37.3 Å². The number of aryl methyl sites for hydroxylation is 1. The summed E-state index contributed by atoms with van der Waals surface area (Å²) in [4.78, 5) is 15.6. The van der Waals surface area contributed by atoms with Crippen molar-refractivity contribution in [3.8, 4) is 5.75 Å². The maximum atomic E-state index is 11.3. The zero-order chi connectivity index (χ0) is 22.8. The SMILES string of the molecule is CN=C(NCc1ccc(NC(=O)OC)cc1)NCc1ccc(C)cc1OCC1CCOC1. The van der Waals surface area contributed by atoms with E-state index in [-0.39, 0.29) is 0 Å². The van der Waals surface area contributed by atoms with Crippen molar-refractivity contribution in [2.75, 3.05) is 39.3 Å². The summed E-state index contributed by atoms with van der Waals surface area (Å²) in [5.41, 5.74) is 3.98. The molecule has 1 atom stereocenters. The molecule has 0 aromatic heterocycles. The summed E-state index contributed by atoms with van der Waals surface area (Å²) in [5.74, 6) is 2.05. The van der Waals surface area contributed by atoms with Crippen molar-refractivity contribution < 1.29 is 19.0 Å². The summed E-state index contributed by atoms with van der Waals surface area (Å²) in [6.07, 6.45) is 0.562. The molecule has 0 saturated carbocycles. The Kier molecular flexibility index (Phi) is 8.74. The van der Waals surface area contributed by atoms with E-state index >= 15 is 0 Å². The molecule has 1 saturated heterocycles. The van der Waals surface area contributed by atoms with Crippen molar-refractivity contribution in [3.63, 3.8) is 0 Å². The number of nitrogens with zero attached hydrogens (tertiary/aromatic N) is 1. The number of aliphatic imine (C=N–C) groups is 1. The topological polar surface area (TPSA) is 93.2 Å². The molecule has 3 N–H and O–H groups in total. The maximum Gasteiger partial charge on any atom is 0.411 e. The second-order valence-corrected chi connectivity index (χ2v) is 7.74. The highest BCUT2D eigenvalue weighted by molar-refractivity contribution is 5.84. The fourth-order valence-electron chi connectivity index (χ4n) is 3.32. The minimum Gasteiger partial charge on any atom is -0.493 e. The summed E-state index contributed by atoms with van der Waals surface area (Å²) in [6, 6.07) is 13.8. The first-order valence-electron chi connectivity index (χ1n) is 10.8. The quantitative estimate of drug-likeness (QED) is 0.430. The van der Waals surface area contributed by atoms with Crippen molar-refractivity contribution in [2.45, 2.75) is 26.4 Å². The number of anilines is 1. The van der Waals surface area contributed by atoms with Gasteiger partial charge < -0.3 is 24.8 Å². The van der Waals surface area contributed by atoms with Gasteiger partial charge in [0.2, 0.25) is 0 Å². The van der Waals surface area contributed by atoms with Crippen LogP contribution in [0.15, 0.2) is 47.5 Å². The molecule has 3 rings (SSSR count). The molecule has 1 aliphatic heterocycles. The normalized spacial score (nSPS) is 15.8. The second kappa shape index (κ2) is 12.0. The summed E-state index contributed by atoms with van der Waals surface area (Å²) in [5, 5.41) is 9.29. The first kappa shape index (κ1) is 23.4. The minimum atomic E-state index is -0.489. The summed E-state index contributed by atoms with van der Waals surface area (Å²) < 4.78 is 16.2.